The Balaban J connectivity index is 3.21. The van der Waals surface area contributed by atoms with E-state index in [1.807, 2.05) is 6.92 Å². The summed E-state index contributed by atoms with van der Waals surface area (Å²) >= 11 is 0. The van der Waals surface area contributed by atoms with Gasteiger partial charge >= 0.3 is 11.9 Å². The average Bonchev–Trinajstić information content (AvgIpc) is 2.37. The van der Waals surface area contributed by atoms with Gasteiger partial charge in [-0.2, -0.15) is 0 Å². The Morgan fingerprint density at radius 2 is 1.45 bits per heavy atom. The zero-order valence-electron chi connectivity index (χ0n) is 12.2. The molecule has 0 unspecified atom stereocenters. The molecule has 0 heterocycles. The van der Waals surface area contributed by atoms with Gasteiger partial charge in [-0.1, -0.05) is 19.2 Å². The van der Waals surface area contributed by atoms with Crippen LogP contribution in [0.15, 0.2) is 36.4 Å². The summed E-state index contributed by atoms with van der Waals surface area (Å²) in [5.41, 5.74) is 2.18. The van der Waals surface area contributed by atoms with E-state index in [4.69, 9.17) is 9.47 Å². The van der Waals surface area contributed by atoms with E-state index in [-0.39, 0.29) is 22.6 Å². The number of aryl methyl sites for hydroxylation is 1. The van der Waals surface area contributed by atoms with E-state index in [0.29, 0.717) is 0 Å². The van der Waals surface area contributed by atoms with Gasteiger partial charge in [0.2, 0.25) is 0 Å². The second-order valence-corrected chi connectivity index (χ2v) is 4.67. The van der Waals surface area contributed by atoms with Crippen LogP contribution < -0.4 is 9.47 Å². The fourth-order valence-electron chi connectivity index (χ4n) is 1.34. The van der Waals surface area contributed by atoms with E-state index >= 15 is 0 Å². The lowest BCUT2D eigenvalue weighted by molar-refractivity contribution is -0.132. The van der Waals surface area contributed by atoms with Crippen LogP contribution in [0.1, 0.15) is 25.0 Å². The Labute approximate surface area is 118 Å². The highest BCUT2D eigenvalue weighted by molar-refractivity contribution is 5.91. The Kier molecular flexibility index (Phi) is 4.86. The molecule has 1 aromatic rings. The highest BCUT2D eigenvalue weighted by Crippen LogP contribution is 2.34. The van der Waals surface area contributed by atoms with Crippen LogP contribution in [0, 0.1) is 13.8 Å². The minimum atomic E-state index is -0.569. The lowest BCUT2D eigenvalue weighted by Crippen LogP contribution is -2.14. The van der Waals surface area contributed by atoms with Gasteiger partial charge in [-0.05, 0) is 44.9 Å². The molecule has 1 rings (SSSR count). The fraction of sp³-hybridized carbons (Fsp3) is 0.250. The molecule has 0 bridgehead atoms. The molecule has 0 saturated heterocycles. The van der Waals surface area contributed by atoms with Crippen molar-refractivity contribution in [3.63, 3.8) is 0 Å². The molecule has 20 heavy (non-hydrogen) atoms. The molecule has 0 amide bonds. The second kappa shape index (κ2) is 6.19. The molecule has 0 aliphatic heterocycles. The fourth-order valence-corrected chi connectivity index (χ4v) is 1.34. The first kappa shape index (κ1) is 15.7. The van der Waals surface area contributed by atoms with Crippen LogP contribution in [0.5, 0.6) is 11.5 Å². The van der Waals surface area contributed by atoms with Gasteiger partial charge in [0, 0.05) is 11.1 Å². The lowest BCUT2D eigenvalue weighted by Gasteiger charge is -2.14. The number of rotatable bonds is 4. The summed E-state index contributed by atoms with van der Waals surface area (Å²) in [6.45, 7) is 13.8. The van der Waals surface area contributed by atoms with Crippen molar-refractivity contribution in [3.05, 3.63) is 47.6 Å². The predicted molar refractivity (Wildman–Crippen MR) is 76.8 cm³/mol. The number of ether oxygens (including phenoxy) is 2. The molecule has 0 spiro atoms. The van der Waals surface area contributed by atoms with E-state index < -0.39 is 11.9 Å². The van der Waals surface area contributed by atoms with Gasteiger partial charge in [0.1, 0.15) is 0 Å². The molecule has 1 aromatic carbocycles. The van der Waals surface area contributed by atoms with E-state index in [9.17, 15) is 9.59 Å². The number of esters is 2. The third-order valence-corrected chi connectivity index (χ3v) is 2.73. The Morgan fingerprint density at radius 1 is 0.950 bits per heavy atom. The van der Waals surface area contributed by atoms with Gasteiger partial charge in [0.15, 0.2) is 11.5 Å². The van der Waals surface area contributed by atoms with Crippen LogP contribution in [-0.4, -0.2) is 11.9 Å². The monoisotopic (exact) mass is 274 g/mol. The summed E-state index contributed by atoms with van der Waals surface area (Å²) in [5.74, 6) is -0.712. The largest absolute Gasteiger partial charge is 0.419 e. The van der Waals surface area contributed by atoms with E-state index in [1.165, 1.54) is 0 Å². The number of carbonyl (C=O) groups excluding carboxylic acids is 2. The number of carbonyl (C=O) groups is 2. The van der Waals surface area contributed by atoms with Crippen LogP contribution in [0.3, 0.4) is 0 Å². The van der Waals surface area contributed by atoms with Gasteiger partial charge in [0.05, 0.1) is 0 Å². The maximum atomic E-state index is 11.7. The van der Waals surface area contributed by atoms with Gasteiger partial charge < -0.3 is 9.47 Å². The number of hydrogen-bond acceptors (Lipinski definition) is 4. The van der Waals surface area contributed by atoms with E-state index in [0.717, 1.165) is 11.1 Å². The molecule has 0 aliphatic carbocycles. The summed E-state index contributed by atoms with van der Waals surface area (Å²) in [4.78, 5) is 23.3. The van der Waals surface area contributed by atoms with Crippen molar-refractivity contribution in [2.45, 2.75) is 27.7 Å². The second-order valence-electron chi connectivity index (χ2n) is 4.67. The average molecular weight is 274 g/mol. The van der Waals surface area contributed by atoms with Crippen molar-refractivity contribution in [2.75, 3.05) is 0 Å². The summed E-state index contributed by atoms with van der Waals surface area (Å²) in [6.07, 6.45) is 0. The predicted octanol–water partition coefficient (Wildman–Crippen LogP) is 3.27. The summed E-state index contributed by atoms with van der Waals surface area (Å²) in [6, 6.07) is 3.37. The lowest BCUT2D eigenvalue weighted by atomic mass is 10.1. The summed E-state index contributed by atoms with van der Waals surface area (Å²) < 4.78 is 10.4. The maximum Gasteiger partial charge on any atom is 0.338 e. The molecule has 0 N–H and O–H groups in total. The highest BCUT2D eigenvalue weighted by Gasteiger charge is 2.18. The first-order valence-corrected chi connectivity index (χ1v) is 6.09. The van der Waals surface area contributed by atoms with Gasteiger partial charge in [-0.15, -0.1) is 0 Å². The Bertz CT molecular complexity index is 597. The van der Waals surface area contributed by atoms with Gasteiger partial charge in [-0.25, -0.2) is 9.59 Å². The molecule has 0 aromatic heterocycles. The van der Waals surface area contributed by atoms with Crippen LogP contribution >= 0.6 is 0 Å². The first-order valence-electron chi connectivity index (χ1n) is 6.09. The molecular weight excluding hydrogens is 256 g/mol. The first-order chi connectivity index (χ1) is 9.23. The topological polar surface area (TPSA) is 52.6 Å². The Morgan fingerprint density at radius 3 is 1.95 bits per heavy atom. The molecule has 0 fully saturated rings. The molecule has 0 atom stereocenters. The van der Waals surface area contributed by atoms with Crippen molar-refractivity contribution in [3.8, 4) is 11.5 Å². The molecule has 0 aliphatic rings. The van der Waals surface area contributed by atoms with Crippen molar-refractivity contribution >= 4 is 11.9 Å². The van der Waals surface area contributed by atoms with Crippen LogP contribution in [0.25, 0.3) is 0 Å². The number of hydrogen-bond donors (Lipinski definition) is 0. The normalized spacial score (nSPS) is 9.80. The van der Waals surface area contributed by atoms with Crippen molar-refractivity contribution in [1.82, 2.24) is 0 Å². The van der Waals surface area contributed by atoms with Crippen LogP contribution in [0.2, 0.25) is 0 Å². The Hall–Kier alpha value is -2.36. The van der Waals surface area contributed by atoms with E-state index in [1.54, 1.807) is 32.9 Å². The molecule has 106 valence electrons. The van der Waals surface area contributed by atoms with E-state index in [2.05, 4.69) is 13.2 Å². The highest BCUT2D eigenvalue weighted by atomic mass is 16.6. The van der Waals surface area contributed by atoms with Crippen LogP contribution in [-0.2, 0) is 9.59 Å². The molecular formula is C16H18O4. The smallest absolute Gasteiger partial charge is 0.338 e. The van der Waals surface area contributed by atoms with Gasteiger partial charge in [0.25, 0.3) is 0 Å². The minimum Gasteiger partial charge on any atom is -0.419 e. The quantitative estimate of drug-likeness (QED) is 0.480. The molecule has 0 radical (unpaired) electrons. The van der Waals surface area contributed by atoms with Crippen molar-refractivity contribution in [2.24, 2.45) is 0 Å². The standard InChI is InChI=1S/C16H18O4/c1-9(2)15(17)19-13-8-7-11(5)12(6)14(13)20-16(18)10(3)4/h7-8H,1,3H2,2,4-6H3. The number of benzene rings is 1. The van der Waals surface area contributed by atoms with Crippen molar-refractivity contribution < 1.29 is 19.1 Å². The van der Waals surface area contributed by atoms with Crippen LogP contribution in [0.4, 0.5) is 0 Å². The maximum absolute atomic E-state index is 11.7. The zero-order chi connectivity index (χ0) is 15.4. The summed E-state index contributed by atoms with van der Waals surface area (Å²) in [5, 5.41) is 0. The minimum absolute atomic E-state index is 0.190. The SMILES string of the molecule is C=C(C)C(=O)Oc1ccc(C)c(C)c1OC(=O)C(=C)C. The zero-order valence-corrected chi connectivity index (χ0v) is 12.2. The third-order valence-electron chi connectivity index (χ3n) is 2.73. The molecule has 4 heteroatoms. The van der Waals surface area contributed by atoms with Crippen molar-refractivity contribution in [1.29, 1.82) is 0 Å². The third kappa shape index (κ3) is 3.57. The van der Waals surface area contributed by atoms with Gasteiger partial charge in [-0.3, -0.25) is 0 Å². The molecule has 0 saturated carbocycles. The molecule has 4 nitrogen and oxygen atoms in total. The summed E-state index contributed by atoms with van der Waals surface area (Å²) in [7, 11) is 0.